The summed E-state index contributed by atoms with van der Waals surface area (Å²) in [5, 5.41) is 0. The summed E-state index contributed by atoms with van der Waals surface area (Å²) < 4.78 is 0. The molecule has 0 radical (unpaired) electrons. The molecule has 0 amide bonds. The van der Waals surface area contributed by atoms with Crippen LogP contribution >= 0.6 is 0 Å². The molecule has 0 bridgehead atoms. The van der Waals surface area contributed by atoms with Gasteiger partial charge >= 0.3 is 0 Å². The molecule has 0 aromatic heterocycles. The van der Waals surface area contributed by atoms with Crippen LogP contribution in [0.1, 0.15) is 34.6 Å². The van der Waals surface area contributed by atoms with Crippen molar-refractivity contribution in [3.63, 3.8) is 0 Å². The van der Waals surface area contributed by atoms with Crippen LogP contribution in [-0.4, -0.2) is 12.8 Å². The van der Waals surface area contributed by atoms with Gasteiger partial charge in [-0.2, -0.15) is 0 Å². The minimum absolute atomic E-state index is 0.426. The Balaban J connectivity index is 4.13. The van der Waals surface area contributed by atoms with Crippen LogP contribution in [0.5, 0.6) is 0 Å². The van der Waals surface area contributed by atoms with Crippen LogP contribution in [0.2, 0.25) is 0 Å². The molecule has 0 saturated heterocycles. The lowest BCUT2D eigenvalue weighted by molar-refractivity contribution is 0.293. The molecule has 0 heterocycles. The van der Waals surface area contributed by atoms with E-state index in [9.17, 15) is 0 Å². The average molecular weight is 155 g/mol. The summed E-state index contributed by atoms with van der Waals surface area (Å²) in [6.45, 7) is 14.8. The molecular formula is C10H21N. The third-order valence-electron chi connectivity index (χ3n) is 2.48. The maximum atomic E-state index is 4.16. The first kappa shape index (κ1) is 10.7. The summed E-state index contributed by atoms with van der Waals surface area (Å²) in [5.41, 5.74) is 0. The van der Waals surface area contributed by atoms with Crippen LogP contribution in [-0.2, 0) is 0 Å². The first-order chi connectivity index (χ1) is 5.00. The van der Waals surface area contributed by atoms with Gasteiger partial charge in [-0.3, -0.25) is 4.99 Å². The highest BCUT2D eigenvalue weighted by Gasteiger charge is 2.21. The summed E-state index contributed by atoms with van der Waals surface area (Å²) in [6.07, 6.45) is 0. The molecule has 0 aliphatic heterocycles. The topological polar surface area (TPSA) is 12.4 Å². The second kappa shape index (κ2) is 4.53. The van der Waals surface area contributed by atoms with E-state index in [1.54, 1.807) is 0 Å². The van der Waals surface area contributed by atoms with E-state index in [-0.39, 0.29) is 0 Å². The third kappa shape index (κ3) is 3.04. The molecule has 0 aliphatic carbocycles. The molecule has 0 N–H and O–H groups in total. The minimum Gasteiger partial charge on any atom is -0.297 e. The van der Waals surface area contributed by atoms with Crippen molar-refractivity contribution in [3.8, 4) is 0 Å². The molecule has 0 aliphatic rings. The summed E-state index contributed by atoms with van der Waals surface area (Å²) in [5.74, 6) is 1.96. The van der Waals surface area contributed by atoms with Gasteiger partial charge in [0, 0.05) is 0 Å². The van der Waals surface area contributed by atoms with Crippen molar-refractivity contribution in [2.24, 2.45) is 22.7 Å². The fourth-order valence-corrected chi connectivity index (χ4v) is 1.38. The van der Waals surface area contributed by atoms with Gasteiger partial charge < -0.3 is 0 Å². The quantitative estimate of drug-likeness (QED) is 0.553. The van der Waals surface area contributed by atoms with E-state index < -0.39 is 0 Å². The Labute approximate surface area is 70.9 Å². The zero-order valence-electron chi connectivity index (χ0n) is 8.46. The summed E-state index contributed by atoms with van der Waals surface area (Å²) in [7, 11) is 0. The van der Waals surface area contributed by atoms with E-state index in [4.69, 9.17) is 0 Å². The number of hydrogen-bond acceptors (Lipinski definition) is 1. The molecule has 66 valence electrons. The summed E-state index contributed by atoms with van der Waals surface area (Å²) >= 11 is 0. The molecule has 1 heteroatoms. The first-order valence-electron chi connectivity index (χ1n) is 4.46. The van der Waals surface area contributed by atoms with Crippen molar-refractivity contribution in [2.75, 3.05) is 0 Å². The lowest BCUT2D eigenvalue weighted by atomic mass is 9.85. The summed E-state index contributed by atoms with van der Waals surface area (Å²) in [4.78, 5) is 4.16. The zero-order valence-corrected chi connectivity index (χ0v) is 8.46. The van der Waals surface area contributed by atoms with E-state index in [1.807, 2.05) is 0 Å². The SMILES string of the molecule is C=NC(C(C)C)C(C)C(C)C. The van der Waals surface area contributed by atoms with Crippen LogP contribution in [0.15, 0.2) is 4.99 Å². The van der Waals surface area contributed by atoms with Crippen molar-refractivity contribution in [1.29, 1.82) is 0 Å². The highest BCUT2D eigenvalue weighted by atomic mass is 14.8. The van der Waals surface area contributed by atoms with Crippen molar-refractivity contribution < 1.29 is 0 Å². The monoisotopic (exact) mass is 155 g/mol. The van der Waals surface area contributed by atoms with Gasteiger partial charge in [-0.25, -0.2) is 0 Å². The van der Waals surface area contributed by atoms with Gasteiger partial charge in [0.2, 0.25) is 0 Å². The fraction of sp³-hybridized carbons (Fsp3) is 0.900. The molecular weight excluding hydrogens is 134 g/mol. The summed E-state index contributed by atoms with van der Waals surface area (Å²) in [6, 6.07) is 0.426. The smallest absolute Gasteiger partial charge is 0.0543 e. The largest absolute Gasteiger partial charge is 0.297 e. The molecule has 0 aromatic carbocycles. The van der Waals surface area contributed by atoms with Gasteiger partial charge in [-0.05, 0) is 24.5 Å². The lowest BCUT2D eigenvalue weighted by Gasteiger charge is -2.26. The van der Waals surface area contributed by atoms with E-state index in [0.717, 1.165) is 0 Å². The fourth-order valence-electron chi connectivity index (χ4n) is 1.38. The van der Waals surface area contributed by atoms with Gasteiger partial charge in [-0.15, -0.1) is 0 Å². The number of nitrogens with zero attached hydrogens (tertiary/aromatic N) is 1. The molecule has 0 fully saturated rings. The molecule has 0 aromatic rings. The Morgan fingerprint density at radius 2 is 1.36 bits per heavy atom. The van der Waals surface area contributed by atoms with Crippen LogP contribution in [0.4, 0.5) is 0 Å². The second-order valence-electron chi connectivity index (χ2n) is 4.02. The van der Waals surface area contributed by atoms with Crippen molar-refractivity contribution >= 4 is 6.72 Å². The van der Waals surface area contributed by atoms with Crippen LogP contribution in [0, 0.1) is 17.8 Å². The van der Waals surface area contributed by atoms with E-state index in [0.29, 0.717) is 23.8 Å². The number of hydrogen-bond donors (Lipinski definition) is 0. The van der Waals surface area contributed by atoms with Crippen molar-refractivity contribution in [2.45, 2.75) is 40.7 Å². The van der Waals surface area contributed by atoms with E-state index in [2.05, 4.69) is 46.3 Å². The predicted molar refractivity (Wildman–Crippen MR) is 52.2 cm³/mol. The molecule has 2 unspecified atom stereocenters. The number of aliphatic imine (C=N–C) groups is 1. The zero-order chi connectivity index (χ0) is 9.02. The highest BCUT2D eigenvalue weighted by molar-refractivity contribution is 5.24. The Bertz CT molecular complexity index is 116. The molecule has 0 rings (SSSR count). The van der Waals surface area contributed by atoms with Gasteiger partial charge in [0.05, 0.1) is 6.04 Å². The second-order valence-corrected chi connectivity index (χ2v) is 4.02. The Hall–Kier alpha value is -0.330. The third-order valence-corrected chi connectivity index (χ3v) is 2.48. The molecule has 2 atom stereocenters. The maximum absolute atomic E-state index is 4.16. The number of rotatable bonds is 4. The van der Waals surface area contributed by atoms with Gasteiger partial charge in [0.25, 0.3) is 0 Å². The molecule has 0 saturated carbocycles. The van der Waals surface area contributed by atoms with E-state index >= 15 is 0 Å². The normalized spacial score (nSPS) is 17.0. The Kier molecular flexibility index (Phi) is 4.39. The Morgan fingerprint density at radius 3 is 1.45 bits per heavy atom. The van der Waals surface area contributed by atoms with Crippen molar-refractivity contribution in [1.82, 2.24) is 0 Å². The first-order valence-corrected chi connectivity index (χ1v) is 4.46. The minimum atomic E-state index is 0.426. The average Bonchev–Trinajstić information content (AvgIpc) is 1.88. The standard InChI is InChI=1S/C10H21N/c1-7(2)9(5)10(11-6)8(3)4/h7-10H,6H2,1-5H3. The van der Waals surface area contributed by atoms with E-state index in [1.165, 1.54) is 0 Å². The van der Waals surface area contributed by atoms with Crippen LogP contribution in [0.3, 0.4) is 0 Å². The molecule has 0 spiro atoms. The highest BCUT2D eigenvalue weighted by Crippen LogP contribution is 2.22. The predicted octanol–water partition coefficient (Wildman–Crippen LogP) is 3.00. The maximum Gasteiger partial charge on any atom is 0.0543 e. The molecule has 11 heavy (non-hydrogen) atoms. The van der Waals surface area contributed by atoms with Gasteiger partial charge in [-0.1, -0.05) is 34.6 Å². The molecule has 1 nitrogen and oxygen atoms in total. The van der Waals surface area contributed by atoms with Crippen molar-refractivity contribution in [3.05, 3.63) is 0 Å². The van der Waals surface area contributed by atoms with Crippen LogP contribution < -0.4 is 0 Å². The van der Waals surface area contributed by atoms with Crippen LogP contribution in [0.25, 0.3) is 0 Å². The van der Waals surface area contributed by atoms with Gasteiger partial charge in [0.1, 0.15) is 0 Å². The Morgan fingerprint density at radius 1 is 0.909 bits per heavy atom. The lowest BCUT2D eigenvalue weighted by Crippen LogP contribution is -2.25. The van der Waals surface area contributed by atoms with Gasteiger partial charge in [0.15, 0.2) is 0 Å².